The molecule has 2 N–H and O–H groups in total. The first-order valence-corrected chi connectivity index (χ1v) is 11.8. The molecule has 0 heterocycles. The zero-order valence-corrected chi connectivity index (χ0v) is 21.5. The number of hydrogen-bond acceptors (Lipinski definition) is 5. The van der Waals surface area contributed by atoms with Crippen molar-refractivity contribution < 1.29 is 74.6 Å². The maximum atomic E-state index is 11.0. The first-order valence-electron chi connectivity index (χ1n) is 10.4. The second kappa shape index (κ2) is 16.1. The standard InChI is InChI=1S/C21H36O5S.K/c1-2-3-4-5-6-7-8-9-10-11-12-13-14-15-18-16-20(23)21(17-19(18)22)27(24,25)26;/h16-17,22-23H,2-15H2,1H3,(H,24,25,26);/q;+1/p-1. The molecule has 0 unspecified atom stereocenters. The summed E-state index contributed by atoms with van der Waals surface area (Å²) in [5.74, 6) is -0.839. The summed E-state index contributed by atoms with van der Waals surface area (Å²) in [6.45, 7) is 2.24. The second-order valence-corrected chi connectivity index (χ2v) is 8.74. The van der Waals surface area contributed by atoms with Crippen LogP contribution in [0.1, 0.15) is 96.0 Å². The van der Waals surface area contributed by atoms with Crippen LogP contribution >= 0.6 is 0 Å². The summed E-state index contributed by atoms with van der Waals surface area (Å²) in [4.78, 5) is -0.769. The van der Waals surface area contributed by atoms with Crippen LogP contribution in [-0.2, 0) is 16.5 Å². The quantitative estimate of drug-likeness (QED) is 0.190. The number of phenolic OH excluding ortho intramolecular Hbond substituents is 2. The van der Waals surface area contributed by atoms with Gasteiger partial charge in [0, 0.05) is 6.07 Å². The van der Waals surface area contributed by atoms with E-state index in [1.165, 1.54) is 70.3 Å². The minimum Gasteiger partial charge on any atom is -0.744 e. The Morgan fingerprint density at radius 3 is 1.61 bits per heavy atom. The molecule has 0 aliphatic heterocycles. The molecule has 5 nitrogen and oxygen atoms in total. The molecule has 0 bridgehead atoms. The van der Waals surface area contributed by atoms with Crippen LogP contribution in [0.2, 0.25) is 0 Å². The number of benzene rings is 1. The van der Waals surface area contributed by atoms with Crippen LogP contribution in [0.15, 0.2) is 17.0 Å². The number of rotatable bonds is 15. The SMILES string of the molecule is CCCCCCCCCCCCCCCc1cc(O)c(S(=O)(=O)[O-])cc1O.[K+]. The molecular weight excluding hydrogens is 403 g/mol. The molecule has 1 rings (SSSR count). The molecule has 0 atom stereocenters. The molecule has 156 valence electrons. The van der Waals surface area contributed by atoms with E-state index in [2.05, 4.69) is 6.92 Å². The van der Waals surface area contributed by atoms with E-state index in [-0.39, 0.29) is 57.1 Å². The van der Waals surface area contributed by atoms with Crippen molar-refractivity contribution in [2.24, 2.45) is 0 Å². The van der Waals surface area contributed by atoms with E-state index in [9.17, 15) is 23.2 Å². The predicted molar refractivity (Wildman–Crippen MR) is 107 cm³/mol. The Morgan fingerprint density at radius 2 is 1.18 bits per heavy atom. The van der Waals surface area contributed by atoms with E-state index in [1.54, 1.807) is 0 Å². The summed E-state index contributed by atoms with van der Waals surface area (Å²) in [7, 11) is -4.78. The van der Waals surface area contributed by atoms with Crippen molar-refractivity contribution in [1.29, 1.82) is 0 Å². The fourth-order valence-electron chi connectivity index (χ4n) is 3.33. The van der Waals surface area contributed by atoms with Gasteiger partial charge >= 0.3 is 51.4 Å². The molecule has 28 heavy (non-hydrogen) atoms. The van der Waals surface area contributed by atoms with E-state index in [4.69, 9.17) is 0 Å². The second-order valence-electron chi connectivity index (χ2n) is 7.40. The van der Waals surface area contributed by atoms with Crippen molar-refractivity contribution >= 4 is 10.1 Å². The third kappa shape index (κ3) is 12.2. The molecule has 0 saturated heterocycles. The summed E-state index contributed by atoms with van der Waals surface area (Å²) >= 11 is 0. The van der Waals surface area contributed by atoms with Gasteiger partial charge in [0.25, 0.3) is 0 Å². The van der Waals surface area contributed by atoms with Gasteiger partial charge in [0.1, 0.15) is 21.6 Å². The van der Waals surface area contributed by atoms with Gasteiger partial charge in [-0.1, -0.05) is 84.0 Å². The molecule has 0 amide bonds. The van der Waals surface area contributed by atoms with E-state index in [0.717, 1.165) is 25.3 Å². The molecule has 0 radical (unpaired) electrons. The topological polar surface area (TPSA) is 97.7 Å². The maximum absolute atomic E-state index is 11.0. The zero-order chi connectivity index (χ0) is 20.1. The van der Waals surface area contributed by atoms with Crippen LogP contribution in [0.4, 0.5) is 0 Å². The molecule has 0 saturated carbocycles. The van der Waals surface area contributed by atoms with Crippen LogP contribution in [0, 0.1) is 0 Å². The minimum absolute atomic E-state index is 0. The Balaban J connectivity index is 0.00000729. The van der Waals surface area contributed by atoms with Gasteiger partial charge in [-0.2, -0.15) is 0 Å². The third-order valence-corrected chi connectivity index (χ3v) is 5.84. The van der Waals surface area contributed by atoms with E-state index in [0.29, 0.717) is 12.0 Å². The third-order valence-electron chi connectivity index (χ3n) is 4.98. The summed E-state index contributed by atoms with van der Waals surface area (Å²) in [6.07, 6.45) is 16.8. The molecule has 1 aromatic carbocycles. The Labute approximate surface area is 213 Å². The molecular formula is C21H35KO5S. The van der Waals surface area contributed by atoms with Crippen molar-refractivity contribution in [3.8, 4) is 11.5 Å². The van der Waals surface area contributed by atoms with Crippen molar-refractivity contribution in [3.63, 3.8) is 0 Å². The fourth-order valence-corrected chi connectivity index (χ4v) is 3.91. The van der Waals surface area contributed by atoms with Gasteiger partial charge in [-0.15, -0.1) is 0 Å². The van der Waals surface area contributed by atoms with Crippen LogP contribution in [0.5, 0.6) is 11.5 Å². The maximum Gasteiger partial charge on any atom is 1.00 e. The fraction of sp³-hybridized carbons (Fsp3) is 0.714. The first kappa shape index (κ1) is 28.4. The number of aromatic hydroxyl groups is 2. The Hall–Kier alpha value is 0.366. The van der Waals surface area contributed by atoms with Gasteiger partial charge in [-0.25, -0.2) is 8.42 Å². The average Bonchev–Trinajstić information content (AvgIpc) is 2.60. The Kier molecular flexibility index (Phi) is 16.3. The molecule has 1 aromatic rings. The number of aryl methyl sites for hydroxylation is 1. The molecule has 0 fully saturated rings. The summed E-state index contributed by atoms with van der Waals surface area (Å²) in [5.41, 5.74) is 0.475. The Morgan fingerprint density at radius 1 is 0.750 bits per heavy atom. The van der Waals surface area contributed by atoms with Crippen LogP contribution < -0.4 is 51.4 Å². The van der Waals surface area contributed by atoms with Crippen LogP contribution in [0.3, 0.4) is 0 Å². The molecule has 0 aliphatic rings. The van der Waals surface area contributed by atoms with Crippen LogP contribution in [-0.4, -0.2) is 23.2 Å². The zero-order valence-electron chi connectivity index (χ0n) is 17.6. The first-order chi connectivity index (χ1) is 12.9. The van der Waals surface area contributed by atoms with Crippen molar-refractivity contribution in [2.75, 3.05) is 0 Å². The number of hydrogen-bond donors (Lipinski definition) is 2. The monoisotopic (exact) mass is 438 g/mol. The summed E-state index contributed by atoms with van der Waals surface area (Å²) in [6, 6.07) is 2.02. The average molecular weight is 439 g/mol. The van der Waals surface area contributed by atoms with Gasteiger partial charge in [-0.05, 0) is 24.5 Å². The largest absolute Gasteiger partial charge is 1.00 e. The number of phenols is 2. The molecule has 7 heteroatoms. The minimum atomic E-state index is -4.78. The van der Waals surface area contributed by atoms with E-state index in [1.807, 2.05) is 0 Å². The summed E-state index contributed by atoms with van der Waals surface area (Å²) < 4.78 is 32.9. The van der Waals surface area contributed by atoms with Gasteiger partial charge in [0.05, 0.1) is 4.90 Å². The molecule has 0 spiro atoms. The van der Waals surface area contributed by atoms with Crippen LogP contribution in [0.25, 0.3) is 0 Å². The van der Waals surface area contributed by atoms with E-state index >= 15 is 0 Å². The van der Waals surface area contributed by atoms with Gasteiger partial charge in [-0.3, -0.25) is 0 Å². The predicted octanol–water partition coefficient (Wildman–Crippen LogP) is 2.64. The van der Waals surface area contributed by atoms with Crippen molar-refractivity contribution in [2.45, 2.75) is 102 Å². The summed E-state index contributed by atoms with van der Waals surface area (Å²) in [5, 5.41) is 19.5. The van der Waals surface area contributed by atoms with Gasteiger partial charge < -0.3 is 14.8 Å². The molecule has 0 aliphatic carbocycles. The smallest absolute Gasteiger partial charge is 0.744 e. The van der Waals surface area contributed by atoms with Gasteiger partial charge in [0.15, 0.2) is 0 Å². The van der Waals surface area contributed by atoms with Crippen molar-refractivity contribution in [1.82, 2.24) is 0 Å². The van der Waals surface area contributed by atoms with Crippen molar-refractivity contribution in [3.05, 3.63) is 17.7 Å². The normalized spacial score (nSPS) is 11.4. The molecule has 0 aromatic heterocycles. The van der Waals surface area contributed by atoms with E-state index < -0.39 is 20.8 Å². The Bertz CT molecular complexity index is 646. The van der Waals surface area contributed by atoms with Gasteiger partial charge in [0.2, 0.25) is 0 Å². The number of unbranched alkanes of at least 4 members (excludes halogenated alkanes) is 12.